The highest BCUT2D eigenvalue weighted by atomic mass is 35.5. The summed E-state index contributed by atoms with van der Waals surface area (Å²) in [5, 5.41) is 15.6. The Morgan fingerprint density at radius 2 is 1.90 bits per heavy atom. The van der Waals surface area contributed by atoms with Crippen molar-refractivity contribution < 1.29 is 0 Å². The van der Waals surface area contributed by atoms with Gasteiger partial charge in [-0.15, -0.1) is 0 Å². The van der Waals surface area contributed by atoms with Crippen LogP contribution in [0, 0.1) is 11.3 Å². The van der Waals surface area contributed by atoms with Crippen LogP contribution in [0.2, 0.25) is 5.02 Å². The van der Waals surface area contributed by atoms with Crippen molar-refractivity contribution >= 4 is 27.9 Å². The van der Waals surface area contributed by atoms with Crippen LogP contribution < -0.4 is 0 Å². The van der Waals surface area contributed by atoms with Gasteiger partial charge in [0.05, 0.1) is 0 Å². The average molecular weight is 317 g/mol. The number of halogens is 1. The topological polar surface area (TPSA) is 54.0 Å². The van der Waals surface area contributed by atoms with Gasteiger partial charge in [0.2, 0.25) is 4.96 Å². The second-order valence-corrected chi connectivity index (χ2v) is 7.17. The first kappa shape index (κ1) is 14.1. The number of aromatic nitrogens is 3. The number of hydrogen-bond donors (Lipinski definition) is 0. The molecule has 2 aromatic heterocycles. The molecule has 0 atom stereocenters. The van der Waals surface area contributed by atoms with Crippen molar-refractivity contribution in [3.63, 3.8) is 0 Å². The monoisotopic (exact) mass is 316 g/mol. The van der Waals surface area contributed by atoms with Crippen LogP contribution >= 0.6 is 22.9 Å². The van der Waals surface area contributed by atoms with Crippen LogP contribution in [0.5, 0.6) is 0 Å². The zero-order chi connectivity index (χ0) is 15.2. The van der Waals surface area contributed by atoms with Gasteiger partial charge in [0, 0.05) is 16.0 Å². The van der Waals surface area contributed by atoms with Crippen molar-refractivity contribution in [1.82, 2.24) is 14.6 Å². The maximum Gasteiger partial charge on any atom is 0.214 e. The molecule has 4 nitrogen and oxygen atoms in total. The van der Waals surface area contributed by atoms with Gasteiger partial charge in [-0.05, 0) is 12.1 Å². The summed E-state index contributed by atoms with van der Waals surface area (Å²) in [5.41, 5.74) is 1.91. The number of hydrogen-bond acceptors (Lipinski definition) is 4. The SMILES string of the molecule is CC(C)(C)c1nn2c(C#N)c(-c3ccc(Cl)cc3)nc2s1. The van der Waals surface area contributed by atoms with Crippen LogP contribution in [0.3, 0.4) is 0 Å². The minimum Gasteiger partial charge on any atom is -0.216 e. The van der Waals surface area contributed by atoms with Crippen molar-refractivity contribution in [1.29, 1.82) is 5.26 Å². The molecule has 0 radical (unpaired) electrons. The molecule has 0 saturated carbocycles. The van der Waals surface area contributed by atoms with Crippen LogP contribution in [-0.2, 0) is 5.41 Å². The molecule has 0 unspecified atom stereocenters. The summed E-state index contributed by atoms with van der Waals surface area (Å²) >= 11 is 7.42. The van der Waals surface area contributed by atoms with Gasteiger partial charge in [-0.25, -0.2) is 4.98 Å². The Balaban J connectivity index is 2.20. The molecule has 106 valence electrons. The first-order valence-corrected chi connectivity index (χ1v) is 7.65. The number of nitrogens with zero attached hydrogens (tertiary/aromatic N) is 4. The fourth-order valence-corrected chi connectivity index (χ4v) is 3.04. The fourth-order valence-electron chi connectivity index (χ4n) is 1.96. The summed E-state index contributed by atoms with van der Waals surface area (Å²) in [7, 11) is 0. The Morgan fingerprint density at radius 1 is 1.24 bits per heavy atom. The standard InChI is InChI=1S/C15H13ClN4S/c1-15(2,3)13-19-20-11(8-17)12(18-14(20)21-13)9-4-6-10(16)7-5-9/h4-7H,1-3H3. The Morgan fingerprint density at radius 3 is 2.48 bits per heavy atom. The molecule has 0 aliphatic carbocycles. The van der Waals surface area contributed by atoms with Gasteiger partial charge in [-0.1, -0.05) is 55.8 Å². The van der Waals surface area contributed by atoms with E-state index in [1.165, 1.54) is 11.3 Å². The normalized spacial score (nSPS) is 11.8. The molecule has 0 spiro atoms. The maximum atomic E-state index is 9.46. The Bertz CT molecular complexity index is 847. The predicted octanol–water partition coefficient (Wildman–Crippen LogP) is 4.28. The van der Waals surface area contributed by atoms with E-state index in [0.717, 1.165) is 15.5 Å². The highest BCUT2D eigenvalue weighted by molar-refractivity contribution is 7.16. The van der Waals surface area contributed by atoms with Gasteiger partial charge < -0.3 is 0 Å². The summed E-state index contributed by atoms with van der Waals surface area (Å²) in [6.45, 7) is 6.28. The van der Waals surface area contributed by atoms with Crippen molar-refractivity contribution in [3.05, 3.63) is 40.0 Å². The molecule has 3 aromatic rings. The van der Waals surface area contributed by atoms with E-state index in [0.29, 0.717) is 16.4 Å². The van der Waals surface area contributed by atoms with Crippen LogP contribution in [0.1, 0.15) is 31.5 Å². The first-order valence-electron chi connectivity index (χ1n) is 6.46. The quantitative estimate of drug-likeness (QED) is 0.673. The average Bonchev–Trinajstić information content (AvgIpc) is 2.96. The highest BCUT2D eigenvalue weighted by Crippen LogP contribution is 2.31. The van der Waals surface area contributed by atoms with E-state index in [9.17, 15) is 5.26 Å². The molecular formula is C15H13ClN4S. The largest absolute Gasteiger partial charge is 0.216 e. The third-order valence-electron chi connectivity index (χ3n) is 3.07. The van der Waals surface area contributed by atoms with Crippen LogP contribution in [-0.4, -0.2) is 14.6 Å². The molecule has 0 amide bonds. The molecule has 21 heavy (non-hydrogen) atoms. The van der Waals surface area contributed by atoms with Crippen molar-refractivity contribution in [3.8, 4) is 17.3 Å². The smallest absolute Gasteiger partial charge is 0.214 e. The van der Waals surface area contributed by atoms with Crippen LogP contribution in [0.15, 0.2) is 24.3 Å². The predicted molar refractivity (Wildman–Crippen MR) is 84.7 cm³/mol. The zero-order valence-electron chi connectivity index (χ0n) is 11.9. The van der Waals surface area contributed by atoms with Gasteiger partial charge in [0.1, 0.15) is 16.8 Å². The first-order chi connectivity index (χ1) is 9.90. The number of imidazole rings is 1. The molecule has 3 rings (SSSR count). The Kier molecular flexibility index (Phi) is 3.23. The van der Waals surface area contributed by atoms with Gasteiger partial charge >= 0.3 is 0 Å². The number of rotatable bonds is 1. The van der Waals surface area contributed by atoms with E-state index in [1.54, 1.807) is 16.6 Å². The minimum atomic E-state index is -0.0570. The summed E-state index contributed by atoms with van der Waals surface area (Å²) in [6, 6.07) is 9.51. The zero-order valence-corrected chi connectivity index (χ0v) is 13.5. The van der Waals surface area contributed by atoms with Gasteiger partial charge in [-0.2, -0.15) is 14.9 Å². The second-order valence-electron chi connectivity index (χ2n) is 5.78. The van der Waals surface area contributed by atoms with Crippen LogP contribution in [0.4, 0.5) is 0 Å². The van der Waals surface area contributed by atoms with Crippen LogP contribution in [0.25, 0.3) is 16.2 Å². The fraction of sp³-hybridized carbons (Fsp3) is 0.267. The van der Waals surface area contributed by atoms with E-state index in [-0.39, 0.29) is 5.41 Å². The summed E-state index contributed by atoms with van der Waals surface area (Å²) < 4.78 is 1.63. The van der Waals surface area contributed by atoms with Gasteiger partial charge in [0.25, 0.3) is 0 Å². The molecule has 0 aliphatic rings. The molecule has 6 heteroatoms. The molecule has 0 N–H and O–H groups in total. The lowest BCUT2D eigenvalue weighted by Gasteiger charge is -2.12. The van der Waals surface area contributed by atoms with Crippen molar-refractivity contribution in [2.24, 2.45) is 0 Å². The molecule has 0 aliphatic heterocycles. The van der Waals surface area contributed by atoms with Gasteiger partial charge in [-0.3, -0.25) is 0 Å². The van der Waals surface area contributed by atoms with E-state index in [1.807, 2.05) is 12.1 Å². The van der Waals surface area contributed by atoms with Crippen molar-refractivity contribution in [2.75, 3.05) is 0 Å². The third-order valence-corrected chi connectivity index (χ3v) is 4.65. The number of nitriles is 1. The Labute approximate surface area is 131 Å². The van der Waals surface area contributed by atoms with E-state index in [4.69, 9.17) is 11.6 Å². The summed E-state index contributed by atoms with van der Waals surface area (Å²) in [6.07, 6.45) is 0. The lowest BCUT2D eigenvalue weighted by molar-refractivity contribution is 0.573. The van der Waals surface area contributed by atoms with E-state index < -0.39 is 0 Å². The number of benzene rings is 1. The summed E-state index contributed by atoms with van der Waals surface area (Å²) in [5.74, 6) is 0. The molecule has 0 fully saturated rings. The molecule has 1 aromatic carbocycles. The van der Waals surface area contributed by atoms with E-state index >= 15 is 0 Å². The summed E-state index contributed by atoms with van der Waals surface area (Å²) in [4.78, 5) is 5.31. The Hall–Kier alpha value is -1.90. The second kappa shape index (κ2) is 4.83. The highest BCUT2D eigenvalue weighted by Gasteiger charge is 2.23. The lowest BCUT2D eigenvalue weighted by atomic mass is 9.98. The van der Waals surface area contributed by atoms with Gasteiger partial charge in [0.15, 0.2) is 5.69 Å². The number of fused-ring (bicyclic) bond motifs is 1. The van der Waals surface area contributed by atoms with Crippen molar-refractivity contribution in [2.45, 2.75) is 26.2 Å². The molecular weight excluding hydrogens is 304 g/mol. The maximum absolute atomic E-state index is 9.46. The minimum absolute atomic E-state index is 0.0570. The molecule has 0 saturated heterocycles. The third kappa shape index (κ3) is 2.41. The lowest BCUT2D eigenvalue weighted by Crippen LogP contribution is -2.11. The molecule has 2 heterocycles. The van der Waals surface area contributed by atoms with E-state index in [2.05, 4.69) is 36.9 Å². The molecule has 0 bridgehead atoms.